The maximum Gasteiger partial charge on any atom is 0.343 e. The minimum absolute atomic E-state index is 0.186. The third-order valence-corrected chi connectivity index (χ3v) is 8.08. The number of hydrogen-bond acceptors (Lipinski definition) is 14. The second-order valence-corrected chi connectivity index (χ2v) is 12.4. The molecule has 0 N–H and O–H groups in total. The lowest BCUT2D eigenvalue weighted by molar-refractivity contribution is -0.326. The molecule has 1 aliphatic rings. The summed E-state index contributed by atoms with van der Waals surface area (Å²) in [5.74, 6) is -0.151. The molecule has 2 atom stereocenters. The van der Waals surface area contributed by atoms with Gasteiger partial charge in [-0.1, -0.05) is 37.4 Å². The molecule has 0 amide bonds. The van der Waals surface area contributed by atoms with E-state index in [-0.39, 0.29) is 26.4 Å². The first-order valence-electron chi connectivity index (χ1n) is 18.4. The minimum Gasteiger partial charge on any atom is -0.493 e. The van der Waals surface area contributed by atoms with E-state index in [1.165, 1.54) is 0 Å². The first kappa shape index (κ1) is 42.8. The van der Waals surface area contributed by atoms with Crippen LogP contribution in [0.5, 0.6) is 23.0 Å². The van der Waals surface area contributed by atoms with E-state index < -0.39 is 36.5 Å². The highest BCUT2D eigenvalue weighted by atomic mass is 16.8. The van der Waals surface area contributed by atoms with Crippen LogP contribution in [0.2, 0.25) is 0 Å². The molecule has 58 heavy (non-hydrogen) atoms. The third-order valence-electron chi connectivity index (χ3n) is 8.08. The Morgan fingerprint density at radius 2 is 0.879 bits per heavy atom. The molecular formula is C44H44O14. The van der Waals surface area contributed by atoms with Crippen molar-refractivity contribution in [3.8, 4) is 23.0 Å². The Labute approximate surface area is 335 Å². The fourth-order valence-electron chi connectivity index (χ4n) is 5.07. The van der Waals surface area contributed by atoms with Crippen LogP contribution in [0.25, 0.3) is 0 Å². The smallest absolute Gasteiger partial charge is 0.343 e. The second kappa shape index (κ2) is 23.0. The van der Waals surface area contributed by atoms with Gasteiger partial charge in [-0.15, -0.1) is 0 Å². The van der Waals surface area contributed by atoms with E-state index in [0.717, 1.165) is 23.3 Å². The van der Waals surface area contributed by atoms with Crippen LogP contribution in [0, 0.1) is 0 Å². The van der Waals surface area contributed by atoms with Gasteiger partial charge in [0.25, 0.3) is 0 Å². The highest BCUT2D eigenvalue weighted by molar-refractivity contribution is 5.91. The van der Waals surface area contributed by atoms with Gasteiger partial charge in [0.2, 0.25) is 12.6 Å². The summed E-state index contributed by atoms with van der Waals surface area (Å²) in [4.78, 5) is 47.5. The fraction of sp³-hybridized carbons (Fsp3) is 0.273. The molecule has 1 aliphatic heterocycles. The molecule has 0 bridgehead atoms. The molecule has 1 saturated heterocycles. The van der Waals surface area contributed by atoms with E-state index in [4.69, 9.17) is 47.4 Å². The number of ether oxygens (including phenoxy) is 10. The topological polar surface area (TPSA) is 161 Å². The summed E-state index contributed by atoms with van der Waals surface area (Å²) in [5, 5.41) is 0. The first-order valence-corrected chi connectivity index (χ1v) is 18.4. The SMILES string of the molecule is C=CC(=O)OCCCOc1ccc(C(=O)Oc2ccc(CO[C@H]3OCCO[C@@H]3OCc3ccc(OC(=O)c4ccc(OCCCOC(=O)C=C)cc4)cc3)cc2)cc1. The molecular weight excluding hydrogens is 752 g/mol. The zero-order valence-electron chi connectivity index (χ0n) is 31.7. The van der Waals surface area contributed by atoms with Crippen LogP contribution in [0.15, 0.2) is 122 Å². The van der Waals surface area contributed by atoms with Gasteiger partial charge in [0, 0.05) is 25.0 Å². The van der Waals surface area contributed by atoms with Crippen molar-refractivity contribution in [2.75, 3.05) is 39.6 Å². The van der Waals surface area contributed by atoms with E-state index in [2.05, 4.69) is 13.2 Å². The quantitative estimate of drug-likeness (QED) is 0.0364. The average Bonchev–Trinajstić information content (AvgIpc) is 3.26. The number of carbonyl (C=O) groups excluding carboxylic acids is 4. The standard InChI is InChI=1S/C44H44O14/c1-3-39(45)51-25-5-23-49-35-19-11-33(12-20-35)41(47)57-37-15-7-31(8-16-37)29-55-43-44(54-28-27-53-43)56-30-32-9-17-38(18-10-32)58-42(48)34-13-21-36(22-14-34)50-24-6-26-52-40(46)4-2/h3-4,7-22,43-44H,1-2,5-6,23-30H2/t43-,44-/m1/s1. The van der Waals surface area contributed by atoms with Gasteiger partial charge >= 0.3 is 23.9 Å². The van der Waals surface area contributed by atoms with Gasteiger partial charge < -0.3 is 47.4 Å². The lowest BCUT2D eigenvalue weighted by Crippen LogP contribution is -2.41. The van der Waals surface area contributed by atoms with Crippen molar-refractivity contribution in [2.24, 2.45) is 0 Å². The molecule has 304 valence electrons. The Balaban J connectivity index is 0.999. The average molecular weight is 797 g/mol. The summed E-state index contributed by atoms with van der Waals surface area (Å²) in [7, 11) is 0. The fourth-order valence-corrected chi connectivity index (χ4v) is 5.07. The number of rotatable bonds is 22. The molecule has 0 aromatic heterocycles. The van der Waals surface area contributed by atoms with Crippen LogP contribution in [0.3, 0.4) is 0 Å². The van der Waals surface area contributed by atoms with Crippen LogP contribution < -0.4 is 18.9 Å². The summed E-state index contributed by atoms with van der Waals surface area (Å²) in [6.07, 6.45) is 1.66. The summed E-state index contributed by atoms with van der Waals surface area (Å²) in [6, 6.07) is 26.9. The number of benzene rings is 4. The monoisotopic (exact) mass is 796 g/mol. The predicted molar refractivity (Wildman–Crippen MR) is 207 cm³/mol. The largest absolute Gasteiger partial charge is 0.493 e. The van der Waals surface area contributed by atoms with Crippen molar-refractivity contribution in [2.45, 2.75) is 38.6 Å². The summed E-state index contributed by atoms with van der Waals surface area (Å²) < 4.78 is 55.6. The van der Waals surface area contributed by atoms with Crippen molar-refractivity contribution in [1.82, 2.24) is 0 Å². The van der Waals surface area contributed by atoms with E-state index in [9.17, 15) is 19.2 Å². The summed E-state index contributed by atoms with van der Waals surface area (Å²) in [5.41, 5.74) is 2.32. The van der Waals surface area contributed by atoms with Gasteiger partial charge in [-0.2, -0.15) is 0 Å². The maximum atomic E-state index is 12.7. The van der Waals surface area contributed by atoms with Crippen molar-refractivity contribution in [3.63, 3.8) is 0 Å². The third kappa shape index (κ3) is 14.3. The molecule has 4 aromatic rings. The van der Waals surface area contributed by atoms with Gasteiger partial charge in [0.1, 0.15) is 23.0 Å². The molecule has 5 rings (SSSR count). The molecule has 1 heterocycles. The maximum absolute atomic E-state index is 12.7. The van der Waals surface area contributed by atoms with E-state index in [1.54, 1.807) is 97.1 Å². The second-order valence-electron chi connectivity index (χ2n) is 12.4. The van der Waals surface area contributed by atoms with Crippen molar-refractivity contribution in [1.29, 1.82) is 0 Å². The highest BCUT2D eigenvalue weighted by Crippen LogP contribution is 2.22. The molecule has 14 nitrogen and oxygen atoms in total. The van der Waals surface area contributed by atoms with Crippen LogP contribution in [-0.2, 0) is 51.2 Å². The van der Waals surface area contributed by atoms with Crippen molar-refractivity contribution in [3.05, 3.63) is 145 Å². The molecule has 1 fully saturated rings. The van der Waals surface area contributed by atoms with Crippen molar-refractivity contribution >= 4 is 23.9 Å². The Bertz CT molecular complexity index is 1800. The van der Waals surface area contributed by atoms with Crippen LogP contribution in [-0.4, -0.2) is 76.1 Å². The van der Waals surface area contributed by atoms with Crippen molar-refractivity contribution < 1.29 is 66.5 Å². The Morgan fingerprint density at radius 1 is 0.517 bits per heavy atom. The number of carbonyl (C=O) groups is 4. The molecule has 0 saturated carbocycles. The summed E-state index contributed by atoms with van der Waals surface area (Å²) in [6.45, 7) is 8.85. The highest BCUT2D eigenvalue weighted by Gasteiger charge is 2.29. The zero-order chi connectivity index (χ0) is 41.0. The molecule has 0 radical (unpaired) electrons. The predicted octanol–water partition coefficient (Wildman–Crippen LogP) is 6.55. The Hall–Kier alpha value is -6.32. The van der Waals surface area contributed by atoms with Gasteiger partial charge in [-0.25, -0.2) is 19.2 Å². The van der Waals surface area contributed by atoms with Crippen LogP contribution in [0.4, 0.5) is 0 Å². The lowest BCUT2D eigenvalue weighted by Gasteiger charge is -2.31. The molecule has 0 unspecified atom stereocenters. The van der Waals surface area contributed by atoms with Gasteiger partial charge in [-0.3, -0.25) is 0 Å². The normalized spacial score (nSPS) is 14.7. The molecule has 0 aliphatic carbocycles. The molecule has 4 aromatic carbocycles. The van der Waals surface area contributed by atoms with E-state index in [0.29, 0.717) is 73.4 Å². The van der Waals surface area contributed by atoms with Gasteiger partial charge in [0.15, 0.2) is 0 Å². The minimum atomic E-state index is -0.785. The number of hydrogen-bond donors (Lipinski definition) is 0. The summed E-state index contributed by atoms with van der Waals surface area (Å²) >= 11 is 0. The molecule has 14 heteroatoms. The van der Waals surface area contributed by atoms with E-state index >= 15 is 0 Å². The lowest BCUT2D eigenvalue weighted by atomic mass is 10.2. The Morgan fingerprint density at radius 3 is 1.24 bits per heavy atom. The van der Waals surface area contributed by atoms with Crippen LogP contribution in [0.1, 0.15) is 44.7 Å². The zero-order valence-corrected chi connectivity index (χ0v) is 31.7. The first-order chi connectivity index (χ1) is 28.3. The molecule has 0 spiro atoms. The number of esters is 4. The van der Waals surface area contributed by atoms with Gasteiger partial charge in [-0.05, 0) is 83.9 Å². The van der Waals surface area contributed by atoms with E-state index in [1.807, 2.05) is 0 Å². The van der Waals surface area contributed by atoms with Crippen LogP contribution >= 0.6 is 0 Å². The Kier molecular flexibility index (Phi) is 17.0. The van der Waals surface area contributed by atoms with Gasteiger partial charge in [0.05, 0.1) is 64.0 Å².